The predicted octanol–water partition coefficient (Wildman–Crippen LogP) is 2.51. The van der Waals surface area contributed by atoms with Crippen LogP contribution in [0.3, 0.4) is 0 Å². The summed E-state index contributed by atoms with van der Waals surface area (Å²) in [5.74, 6) is 5.42. The fraction of sp³-hybridized carbons (Fsp3) is 0.200. The number of benzene rings is 1. The minimum Gasteiger partial charge on any atom is -0.348 e. The Labute approximate surface area is 128 Å². The van der Waals surface area contributed by atoms with Crippen molar-refractivity contribution in [1.29, 1.82) is 0 Å². The number of anilines is 1. The van der Waals surface area contributed by atoms with Crippen LogP contribution in [0.5, 0.6) is 0 Å². The molecule has 2 rings (SSSR count). The van der Waals surface area contributed by atoms with Crippen molar-refractivity contribution < 1.29 is 4.79 Å². The van der Waals surface area contributed by atoms with Crippen LogP contribution in [0.15, 0.2) is 36.4 Å². The Morgan fingerprint density at radius 3 is 2.67 bits per heavy atom. The third kappa shape index (κ3) is 3.93. The molecule has 0 radical (unpaired) electrons. The van der Waals surface area contributed by atoms with Crippen LogP contribution < -0.4 is 16.6 Å². The van der Waals surface area contributed by atoms with Crippen molar-refractivity contribution in [2.75, 3.05) is 5.43 Å². The first-order chi connectivity index (χ1) is 10.1. The van der Waals surface area contributed by atoms with Crippen LogP contribution >= 0.6 is 11.6 Å². The van der Waals surface area contributed by atoms with Crippen molar-refractivity contribution in [3.63, 3.8) is 0 Å². The van der Waals surface area contributed by atoms with Crippen LogP contribution in [-0.4, -0.2) is 10.9 Å². The zero-order chi connectivity index (χ0) is 15.2. The Balaban J connectivity index is 2.10. The van der Waals surface area contributed by atoms with Gasteiger partial charge in [0.25, 0.3) is 5.91 Å². The van der Waals surface area contributed by atoms with E-state index in [-0.39, 0.29) is 11.1 Å². The molecule has 1 aromatic heterocycles. The van der Waals surface area contributed by atoms with E-state index in [1.807, 2.05) is 18.2 Å². The zero-order valence-corrected chi connectivity index (χ0v) is 12.4. The number of carbonyl (C=O) groups excluding carboxylic acids is 1. The molecule has 110 valence electrons. The average Bonchev–Trinajstić information content (AvgIpc) is 2.52. The van der Waals surface area contributed by atoms with Crippen molar-refractivity contribution in [2.45, 2.75) is 19.9 Å². The second-order valence-electron chi connectivity index (χ2n) is 4.51. The molecule has 1 amide bonds. The highest BCUT2D eigenvalue weighted by atomic mass is 35.5. The third-order valence-corrected chi connectivity index (χ3v) is 3.34. The van der Waals surface area contributed by atoms with Crippen molar-refractivity contribution in [1.82, 2.24) is 10.3 Å². The molecule has 0 saturated carbocycles. The fourth-order valence-electron chi connectivity index (χ4n) is 2.05. The molecule has 0 saturated heterocycles. The number of halogens is 1. The largest absolute Gasteiger partial charge is 0.348 e. The monoisotopic (exact) mass is 304 g/mol. The molecular weight excluding hydrogens is 288 g/mol. The second kappa shape index (κ2) is 7.06. The number of nitrogens with zero attached hydrogens (tertiary/aromatic N) is 1. The number of rotatable bonds is 5. The first kappa shape index (κ1) is 15.3. The molecule has 1 aromatic carbocycles. The van der Waals surface area contributed by atoms with Gasteiger partial charge in [0.15, 0.2) is 0 Å². The number of aromatic nitrogens is 1. The number of hydrogen-bond donors (Lipinski definition) is 3. The number of nitrogen functional groups attached to an aromatic ring is 1. The van der Waals surface area contributed by atoms with Crippen molar-refractivity contribution in [2.24, 2.45) is 5.84 Å². The molecule has 5 nitrogen and oxygen atoms in total. The van der Waals surface area contributed by atoms with E-state index in [9.17, 15) is 4.79 Å². The van der Waals surface area contributed by atoms with E-state index in [2.05, 4.69) is 28.7 Å². The number of amides is 1. The maximum atomic E-state index is 12.2. The summed E-state index contributed by atoms with van der Waals surface area (Å²) >= 11 is 5.85. The van der Waals surface area contributed by atoms with E-state index in [0.29, 0.717) is 17.9 Å². The summed E-state index contributed by atoms with van der Waals surface area (Å²) < 4.78 is 0. The number of pyridine rings is 1. The molecule has 0 fully saturated rings. The van der Waals surface area contributed by atoms with Crippen LogP contribution in [0, 0.1) is 0 Å². The summed E-state index contributed by atoms with van der Waals surface area (Å²) in [6.45, 7) is 2.55. The maximum absolute atomic E-state index is 12.2. The van der Waals surface area contributed by atoms with Crippen LogP contribution in [0.25, 0.3) is 0 Å². The van der Waals surface area contributed by atoms with E-state index in [4.69, 9.17) is 17.4 Å². The second-order valence-corrected chi connectivity index (χ2v) is 4.90. The smallest absolute Gasteiger partial charge is 0.251 e. The van der Waals surface area contributed by atoms with Gasteiger partial charge >= 0.3 is 0 Å². The van der Waals surface area contributed by atoms with Crippen LogP contribution in [0.2, 0.25) is 5.15 Å². The molecular formula is C15H17ClN4O. The summed E-state index contributed by atoms with van der Waals surface area (Å²) in [7, 11) is 0. The van der Waals surface area contributed by atoms with E-state index < -0.39 is 0 Å². The summed E-state index contributed by atoms with van der Waals surface area (Å²) in [5.41, 5.74) is 5.11. The number of hydrogen-bond acceptors (Lipinski definition) is 4. The lowest BCUT2D eigenvalue weighted by atomic mass is 10.1. The predicted molar refractivity (Wildman–Crippen MR) is 84.0 cm³/mol. The van der Waals surface area contributed by atoms with Gasteiger partial charge in [-0.1, -0.05) is 42.8 Å². The van der Waals surface area contributed by atoms with Gasteiger partial charge in [-0.25, -0.2) is 10.8 Å². The van der Waals surface area contributed by atoms with Crippen LogP contribution in [0.1, 0.15) is 28.4 Å². The average molecular weight is 305 g/mol. The molecule has 0 aliphatic carbocycles. The van der Waals surface area contributed by atoms with E-state index in [0.717, 1.165) is 12.0 Å². The Kier molecular flexibility index (Phi) is 5.14. The molecule has 0 spiro atoms. The Bertz CT molecular complexity index is 645. The van der Waals surface area contributed by atoms with Gasteiger partial charge in [-0.3, -0.25) is 4.79 Å². The van der Waals surface area contributed by atoms with Crippen LogP contribution in [-0.2, 0) is 13.0 Å². The lowest BCUT2D eigenvalue weighted by molar-refractivity contribution is 0.0951. The van der Waals surface area contributed by atoms with E-state index >= 15 is 0 Å². The molecule has 0 bridgehead atoms. The van der Waals surface area contributed by atoms with Gasteiger partial charge in [0.05, 0.1) is 0 Å². The highest BCUT2D eigenvalue weighted by Gasteiger charge is 2.09. The number of hydrazine groups is 1. The lowest BCUT2D eigenvalue weighted by Gasteiger charge is -2.10. The van der Waals surface area contributed by atoms with Gasteiger partial charge in [0.1, 0.15) is 11.0 Å². The summed E-state index contributed by atoms with van der Waals surface area (Å²) in [5, 5.41) is 3.09. The quantitative estimate of drug-likeness (QED) is 0.450. The van der Waals surface area contributed by atoms with Crippen molar-refractivity contribution in [3.8, 4) is 0 Å². The number of nitrogens with one attached hydrogen (secondary N) is 2. The highest BCUT2D eigenvalue weighted by Crippen LogP contribution is 2.14. The topological polar surface area (TPSA) is 80.0 Å². The van der Waals surface area contributed by atoms with E-state index in [1.165, 1.54) is 11.6 Å². The van der Waals surface area contributed by atoms with Crippen molar-refractivity contribution >= 4 is 23.3 Å². The normalized spacial score (nSPS) is 10.2. The van der Waals surface area contributed by atoms with Gasteiger partial charge in [-0.15, -0.1) is 0 Å². The molecule has 1 heterocycles. The van der Waals surface area contributed by atoms with Gasteiger partial charge in [0, 0.05) is 12.1 Å². The lowest BCUT2D eigenvalue weighted by Crippen LogP contribution is -2.24. The minimum atomic E-state index is -0.221. The molecule has 0 atom stereocenters. The molecule has 6 heteroatoms. The molecule has 0 aliphatic rings. The zero-order valence-electron chi connectivity index (χ0n) is 11.7. The van der Waals surface area contributed by atoms with E-state index in [1.54, 1.807) is 6.07 Å². The van der Waals surface area contributed by atoms with Gasteiger partial charge in [-0.2, -0.15) is 0 Å². The fourth-order valence-corrected chi connectivity index (χ4v) is 2.26. The van der Waals surface area contributed by atoms with Gasteiger partial charge in [0.2, 0.25) is 0 Å². The Hall–Kier alpha value is -2.11. The van der Waals surface area contributed by atoms with Gasteiger partial charge < -0.3 is 10.7 Å². The highest BCUT2D eigenvalue weighted by molar-refractivity contribution is 6.29. The third-order valence-electron chi connectivity index (χ3n) is 3.14. The summed E-state index contributed by atoms with van der Waals surface area (Å²) in [6, 6.07) is 11.1. The molecule has 0 aliphatic heterocycles. The summed E-state index contributed by atoms with van der Waals surface area (Å²) in [6.07, 6.45) is 0.925. The SMILES string of the molecule is CCc1ccccc1CNC(=O)c1cc(Cl)nc(NN)c1. The first-order valence-corrected chi connectivity index (χ1v) is 7.01. The van der Waals surface area contributed by atoms with Crippen LogP contribution in [0.4, 0.5) is 5.82 Å². The molecule has 21 heavy (non-hydrogen) atoms. The Morgan fingerprint density at radius 2 is 2.00 bits per heavy atom. The molecule has 4 N–H and O–H groups in total. The number of nitrogens with two attached hydrogens (primary N) is 1. The molecule has 2 aromatic rings. The van der Waals surface area contributed by atoms with Gasteiger partial charge in [-0.05, 0) is 29.7 Å². The minimum absolute atomic E-state index is 0.213. The summed E-state index contributed by atoms with van der Waals surface area (Å²) in [4.78, 5) is 16.1. The molecule has 0 unspecified atom stereocenters. The number of carbonyl (C=O) groups is 1. The Morgan fingerprint density at radius 1 is 1.29 bits per heavy atom. The standard InChI is InChI=1S/C15H17ClN4O/c1-2-10-5-3-4-6-11(10)9-18-15(21)12-7-13(16)19-14(8-12)20-17/h3-8H,2,9,17H2,1H3,(H,18,21)(H,19,20). The maximum Gasteiger partial charge on any atom is 0.251 e. The first-order valence-electron chi connectivity index (χ1n) is 6.63. The number of aryl methyl sites for hydroxylation is 1. The van der Waals surface area contributed by atoms with Crippen molar-refractivity contribution in [3.05, 3.63) is 58.2 Å².